The van der Waals surface area contributed by atoms with E-state index in [1.807, 2.05) is 31.0 Å². The third kappa shape index (κ3) is 4.80. The van der Waals surface area contributed by atoms with Crippen molar-refractivity contribution in [3.8, 4) is 11.5 Å². The van der Waals surface area contributed by atoms with Crippen LogP contribution in [0.5, 0.6) is 11.5 Å². The van der Waals surface area contributed by atoms with Crippen LogP contribution in [-0.2, 0) is 4.79 Å². The molecule has 9 nitrogen and oxygen atoms in total. The molecule has 0 bridgehead atoms. The molecule has 0 saturated heterocycles. The standard InChI is InChI=1S/C25H24Cl2N6O3/c1-6-19(34)30-14-9-7-8-13(2)23(14)31-25-28-11-15-24(32-25)33(3)12-16(29-15)20-21(26)17(35-4)10-18(36-5)22(20)27/h6-11H,1,12H2,2-5H3,(H,30,34)(H,28,31,32). The highest BCUT2D eigenvalue weighted by atomic mass is 35.5. The van der Waals surface area contributed by atoms with Gasteiger partial charge in [0, 0.05) is 18.7 Å². The van der Waals surface area contributed by atoms with Crippen LogP contribution in [0.2, 0.25) is 10.0 Å². The summed E-state index contributed by atoms with van der Waals surface area (Å²) in [5, 5.41) is 6.68. The number of anilines is 4. The van der Waals surface area contributed by atoms with Crippen LogP contribution in [-0.4, -0.2) is 49.4 Å². The molecule has 1 amide bonds. The van der Waals surface area contributed by atoms with E-state index in [9.17, 15) is 4.79 Å². The minimum absolute atomic E-state index is 0.317. The van der Waals surface area contributed by atoms with Crippen molar-refractivity contribution in [1.29, 1.82) is 0 Å². The van der Waals surface area contributed by atoms with Crippen molar-refractivity contribution in [2.75, 3.05) is 43.3 Å². The number of nitrogens with one attached hydrogen (secondary N) is 2. The predicted octanol–water partition coefficient (Wildman–Crippen LogP) is 5.55. The number of benzene rings is 2. The minimum atomic E-state index is -0.317. The monoisotopic (exact) mass is 526 g/mol. The number of aryl methyl sites for hydroxylation is 1. The summed E-state index contributed by atoms with van der Waals surface area (Å²) in [5.41, 5.74) is 3.86. The lowest BCUT2D eigenvalue weighted by atomic mass is 10.1. The van der Waals surface area contributed by atoms with Crippen LogP contribution in [0.1, 0.15) is 11.1 Å². The first kappa shape index (κ1) is 25.3. The Morgan fingerprint density at radius 3 is 2.53 bits per heavy atom. The van der Waals surface area contributed by atoms with E-state index in [1.165, 1.54) is 20.3 Å². The summed E-state index contributed by atoms with van der Waals surface area (Å²) < 4.78 is 10.8. The summed E-state index contributed by atoms with van der Waals surface area (Å²) >= 11 is 13.2. The molecule has 0 unspecified atom stereocenters. The van der Waals surface area contributed by atoms with Gasteiger partial charge in [0.1, 0.15) is 17.2 Å². The molecule has 11 heteroatoms. The molecule has 2 heterocycles. The zero-order chi connectivity index (χ0) is 26.0. The molecule has 36 heavy (non-hydrogen) atoms. The van der Waals surface area contributed by atoms with Crippen LogP contribution < -0.4 is 25.0 Å². The van der Waals surface area contributed by atoms with E-state index in [-0.39, 0.29) is 5.91 Å². The molecule has 2 N–H and O–H groups in total. The lowest BCUT2D eigenvalue weighted by Crippen LogP contribution is -2.30. The number of aromatic nitrogens is 2. The molecular weight excluding hydrogens is 503 g/mol. The molecule has 0 aliphatic carbocycles. The molecule has 2 aromatic carbocycles. The Labute approximate surface area is 218 Å². The molecule has 0 radical (unpaired) electrons. The molecule has 3 aromatic rings. The smallest absolute Gasteiger partial charge is 0.247 e. The maximum atomic E-state index is 11.9. The topological polar surface area (TPSA) is 101 Å². The van der Waals surface area contributed by atoms with Crippen LogP contribution in [0, 0.1) is 6.92 Å². The summed E-state index contributed by atoms with van der Waals surface area (Å²) in [6, 6.07) is 7.19. The number of hydrogen-bond donors (Lipinski definition) is 2. The van der Waals surface area contributed by atoms with Crippen LogP contribution in [0.25, 0.3) is 0 Å². The highest BCUT2D eigenvalue weighted by Gasteiger charge is 2.27. The maximum absolute atomic E-state index is 11.9. The predicted molar refractivity (Wildman–Crippen MR) is 144 cm³/mol. The number of amides is 1. The number of aliphatic imine (C=N–C) groups is 1. The SMILES string of the molecule is C=CC(=O)Nc1cccc(C)c1Nc1ncc2c(n1)N(C)CC(c1c(Cl)c(OC)cc(OC)c1Cl)=N2. The van der Waals surface area contributed by atoms with Gasteiger partial charge in [0.2, 0.25) is 11.9 Å². The van der Waals surface area contributed by atoms with Gasteiger partial charge in [0.25, 0.3) is 0 Å². The van der Waals surface area contributed by atoms with Gasteiger partial charge in [0.05, 0.1) is 54.1 Å². The number of carbonyl (C=O) groups is 1. The molecule has 1 aliphatic heterocycles. The lowest BCUT2D eigenvalue weighted by Gasteiger charge is -2.27. The molecule has 0 spiro atoms. The lowest BCUT2D eigenvalue weighted by molar-refractivity contribution is -0.111. The zero-order valence-electron chi connectivity index (χ0n) is 20.1. The summed E-state index contributed by atoms with van der Waals surface area (Å²) in [5.74, 6) is 1.50. The number of likely N-dealkylation sites (N-methyl/N-ethyl adjacent to an activating group) is 1. The fourth-order valence-corrected chi connectivity index (χ4v) is 4.49. The Balaban J connectivity index is 1.72. The Morgan fingerprint density at radius 1 is 1.19 bits per heavy atom. The largest absolute Gasteiger partial charge is 0.495 e. The second-order valence-corrected chi connectivity index (χ2v) is 8.67. The van der Waals surface area contributed by atoms with Crippen molar-refractivity contribution < 1.29 is 14.3 Å². The number of ether oxygens (including phenoxy) is 2. The Kier molecular flexibility index (Phi) is 7.32. The Morgan fingerprint density at radius 2 is 1.89 bits per heavy atom. The maximum Gasteiger partial charge on any atom is 0.247 e. The fourth-order valence-electron chi connectivity index (χ4n) is 3.77. The van der Waals surface area contributed by atoms with E-state index < -0.39 is 0 Å². The Hall–Kier alpha value is -3.82. The molecular formula is C25H24Cl2N6O3. The molecule has 0 fully saturated rings. The van der Waals surface area contributed by atoms with Gasteiger partial charge >= 0.3 is 0 Å². The normalized spacial score (nSPS) is 12.4. The summed E-state index contributed by atoms with van der Waals surface area (Å²) in [7, 11) is 4.92. The molecule has 186 valence electrons. The van der Waals surface area contributed by atoms with Gasteiger partial charge in [-0.05, 0) is 24.6 Å². The van der Waals surface area contributed by atoms with Gasteiger partial charge in [-0.3, -0.25) is 4.79 Å². The fraction of sp³-hybridized carbons (Fsp3) is 0.200. The Bertz CT molecular complexity index is 1360. The van der Waals surface area contributed by atoms with E-state index in [1.54, 1.807) is 18.3 Å². The average molecular weight is 527 g/mol. The molecule has 4 rings (SSSR count). The van der Waals surface area contributed by atoms with E-state index in [2.05, 4.69) is 27.2 Å². The van der Waals surface area contributed by atoms with E-state index in [0.29, 0.717) is 68.2 Å². The number of para-hydroxylation sites is 1. The quantitative estimate of drug-likeness (QED) is 0.389. The summed E-state index contributed by atoms with van der Waals surface area (Å²) in [4.78, 5) is 27.6. The number of hydrogen-bond acceptors (Lipinski definition) is 8. The first-order valence-corrected chi connectivity index (χ1v) is 11.6. The summed E-state index contributed by atoms with van der Waals surface area (Å²) in [6.07, 6.45) is 2.82. The number of nitrogens with zero attached hydrogens (tertiary/aromatic N) is 4. The van der Waals surface area contributed by atoms with Crippen molar-refractivity contribution in [2.45, 2.75) is 6.92 Å². The van der Waals surface area contributed by atoms with Crippen molar-refractivity contribution in [2.24, 2.45) is 4.99 Å². The second-order valence-electron chi connectivity index (χ2n) is 7.92. The first-order valence-electron chi connectivity index (χ1n) is 10.8. The van der Waals surface area contributed by atoms with Gasteiger partial charge in [-0.25, -0.2) is 9.98 Å². The number of halogens is 2. The number of rotatable bonds is 7. The van der Waals surface area contributed by atoms with Gasteiger partial charge in [-0.2, -0.15) is 4.98 Å². The number of fused-ring (bicyclic) bond motifs is 1. The van der Waals surface area contributed by atoms with Crippen LogP contribution in [0.15, 0.2) is 48.1 Å². The average Bonchev–Trinajstić information content (AvgIpc) is 2.86. The molecule has 0 saturated carbocycles. The third-order valence-corrected chi connectivity index (χ3v) is 6.32. The molecule has 1 aromatic heterocycles. The number of carbonyl (C=O) groups excluding carboxylic acids is 1. The van der Waals surface area contributed by atoms with Crippen LogP contribution in [0.4, 0.5) is 28.8 Å². The number of methoxy groups -OCH3 is 2. The van der Waals surface area contributed by atoms with Crippen molar-refractivity contribution in [1.82, 2.24) is 9.97 Å². The van der Waals surface area contributed by atoms with Crippen LogP contribution in [0.3, 0.4) is 0 Å². The van der Waals surface area contributed by atoms with Crippen molar-refractivity contribution in [3.63, 3.8) is 0 Å². The van der Waals surface area contributed by atoms with Gasteiger partial charge < -0.3 is 25.0 Å². The van der Waals surface area contributed by atoms with Gasteiger partial charge in [-0.15, -0.1) is 0 Å². The first-order chi connectivity index (χ1) is 17.3. The zero-order valence-corrected chi connectivity index (χ0v) is 21.7. The summed E-state index contributed by atoms with van der Waals surface area (Å²) in [6.45, 7) is 5.80. The van der Waals surface area contributed by atoms with E-state index in [4.69, 9.17) is 37.7 Å². The third-order valence-electron chi connectivity index (χ3n) is 5.57. The van der Waals surface area contributed by atoms with Crippen molar-refractivity contribution in [3.05, 3.63) is 64.3 Å². The van der Waals surface area contributed by atoms with E-state index in [0.717, 1.165) is 5.56 Å². The highest BCUT2D eigenvalue weighted by molar-refractivity contribution is 6.42. The molecule has 0 atom stereocenters. The van der Waals surface area contributed by atoms with Crippen LogP contribution >= 0.6 is 23.2 Å². The van der Waals surface area contributed by atoms with Gasteiger partial charge in [-0.1, -0.05) is 41.9 Å². The molecule has 1 aliphatic rings. The van der Waals surface area contributed by atoms with Crippen molar-refractivity contribution >= 4 is 63.6 Å². The minimum Gasteiger partial charge on any atom is -0.495 e. The second kappa shape index (κ2) is 10.4. The highest BCUT2D eigenvalue weighted by Crippen LogP contribution is 2.43. The van der Waals surface area contributed by atoms with E-state index >= 15 is 0 Å². The van der Waals surface area contributed by atoms with Gasteiger partial charge in [0.15, 0.2) is 5.82 Å².